The molecule has 0 radical (unpaired) electrons. The van der Waals surface area contributed by atoms with Crippen LogP contribution in [0.15, 0.2) is 24.4 Å². The van der Waals surface area contributed by atoms with Crippen LogP contribution in [0.2, 0.25) is 5.02 Å². The molecule has 2 aromatic rings. The molecule has 1 heterocycles. The van der Waals surface area contributed by atoms with Gasteiger partial charge in [0, 0.05) is 41.7 Å². The molecule has 1 unspecified atom stereocenters. The second-order valence-corrected chi connectivity index (χ2v) is 7.10. The van der Waals surface area contributed by atoms with E-state index in [4.69, 9.17) is 17.3 Å². The zero-order valence-electron chi connectivity index (χ0n) is 13.1. The average Bonchev–Trinajstić information content (AvgIpc) is 2.85. The van der Waals surface area contributed by atoms with Crippen molar-refractivity contribution in [1.82, 2.24) is 4.57 Å². The number of nitrogens with two attached hydrogens (primary N) is 1. The fourth-order valence-corrected chi connectivity index (χ4v) is 4.20. The van der Waals surface area contributed by atoms with Gasteiger partial charge >= 0.3 is 0 Å². The molecule has 3 nitrogen and oxygen atoms in total. The predicted molar refractivity (Wildman–Crippen MR) is 92.3 cm³/mol. The summed E-state index contributed by atoms with van der Waals surface area (Å²) in [6.07, 6.45) is 6.79. The molecule has 0 saturated heterocycles. The summed E-state index contributed by atoms with van der Waals surface area (Å²) in [5.74, 6) is 1.50. The summed E-state index contributed by atoms with van der Waals surface area (Å²) in [5.41, 5.74) is 8.67. The van der Waals surface area contributed by atoms with E-state index in [0.29, 0.717) is 30.9 Å². The smallest absolute Gasteiger partial charge is 0.0495 e. The fraction of sp³-hybridized carbons (Fsp3) is 0.556. The number of hydrogen-bond acceptors (Lipinski definition) is 2. The molecular weight excluding hydrogens is 296 g/mol. The van der Waals surface area contributed by atoms with Crippen LogP contribution < -0.4 is 5.73 Å². The SMILES string of the molecule is Cn1cc(C(CN)C2CCC(CO)CC2)c2ccc(Cl)cc21. The number of aromatic nitrogens is 1. The largest absolute Gasteiger partial charge is 0.396 e. The van der Waals surface area contributed by atoms with Gasteiger partial charge in [0.2, 0.25) is 0 Å². The Morgan fingerprint density at radius 3 is 2.68 bits per heavy atom. The third-order valence-electron chi connectivity index (χ3n) is 5.36. The first-order valence-electron chi connectivity index (χ1n) is 8.19. The molecule has 0 amide bonds. The Morgan fingerprint density at radius 1 is 1.32 bits per heavy atom. The Hall–Kier alpha value is -1.03. The Kier molecular flexibility index (Phi) is 4.76. The number of nitrogens with zero attached hydrogens (tertiary/aromatic N) is 1. The highest BCUT2D eigenvalue weighted by Crippen LogP contribution is 2.40. The van der Waals surface area contributed by atoms with Gasteiger partial charge < -0.3 is 15.4 Å². The number of aryl methyl sites for hydroxylation is 1. The summed E-state index contributed by atoms with van der Waals surface area (Å²) >= 11 is 6.13. The predicted octanol–water partition coefficient (Wildman–Crippen LogP) is 3.67. The van der Waals surface area contributed by atoms with Crippen molar-refractivity contribution in [2.45, 2.75) is 31.6 Å². The zero-order valence-corrected chi connectivity index (χ0v) is 13.9. The van der Waals surface area contributed by atoms with Crippen molar-refractivity contribution in [2.24, 2.45) is 24.6 Å². The van der Waals surface area contributed by atoms with E-state index < -0.39 is 0 Å². The zero-order chi connectivity index (χ0) is 15.7. The summed E-state index contributed by atoms with van der Waals surface area (Å²) < 4.78 is 2.15. The first-order chi connectivity index (χ1) is 10.6. The van der Waals surface area contributed by atoms with Crippen molar-refractivity contribution in [3.8, 4) is 0 Å². The summed E-state index contributed by atoms with van der Waals surface area (Å²) in [7, 11) is 2.07. The molecule has 1 atom stereocenters. The second kappa shape index (κ2) is 6.61. The van der Waals surface area contributed by atoms with E-state index in [1.165, 1.54) is 16.5 Å². The van der Waals surface area contributed by atoms with Gasteiger partial charge in [-0.05, 0) is 61.8 Å². The number of aliphatic hydroxyl groups excluding tert-OH is 1. The van der Waals surface area contributed by atoms with Gasteiger partial charge in [0.25, 0.3) is 0 Å². The van der Waals surface area contributed by atoms with Gasteiger partial charge in [-0.25, -0.2) is 0 Å². The number of aliphatic hydroxyl groups is 1. The molecule has 1 aliphatic carbocycles. The Bertz CT molecular complexity index is 644. The highest BCUT2D eigenvalue weighted by atomic mass is 35.5. The summed E-state index contributed by atoms with van der Waals surface area (Å²) in [6.45, 7) is 1.00. The van der Waals surface area contributed by atoms with E-state index in [1.807, 2.05) is 12.1 Å². The molecule has 3 N–H and O–H groups in total. The molecular formula is C18H25ClN2O. The molecule has 1 fully saturated rings. The van der Waals surface area contributed by atoms with Gasteiger partial charge in [0.05, 0.1) is 0 Å². The molecule has 0 aliphatic heterocycles. The van der Waals surface area contributed by atoms with E-state index in [1.54, 1.807) is 0 Å². The molecule has 1 saturated carbocycles. The monoisotopic (exact) mass is 320 g/mol. The second-order valence-electron chi connectivity index (χ2n) is 6.66. The molecule has 1 aromatic heterocycles. The highest BCUT2D eigenvalue weighted by molar-refractivity contribution is 6.31. The van der Waals surface area contributed by atoms with Crippen LogP contribution in [0.4, 0.5) is 0 Å². The molecule has 0 bridgehead atoms. The van der Waals surface area contributed by atoms with Crippen LogP contribution in [0.25, 0.3) is 10.9 Å². The number of halogens is 1. The van der Waals surface area contributed by atoms with Gasteiger partial charge in [-0.1, -0.05) is 17.7 Å². The first kappa shape index (κ1) is 15.9. The maximum absolute atomic E-state index is 9.32. The Labute approximate surface area is 137 Å². The van der Waals surface area contributed by atoms with Crippen molar-refractivity contribution in [3.05, 3.63) is 35.0 Å². The van der Waals surface area contributed by atoms with E-state index in [2.05, 4.69) is 23.9 Å². The third kappa shape index (κ3) is 2.90. The standard InChI is InChI=1S/C18H25ClN2O/c1-21-10-17(15-7-6-14(19)8-18(15)21)16(9-20)13-4-2-12(11-22)3-5-13/h6-8,10,12-13,16,22H,2-5,9,11,20H2,1H3. The number of fused-ring (bicyclic) bond motifs is 1. The first-order valence-corrected chi connectivity index (χ1v) is 8.57. The van der Waals surface area contributed by atoms with Gasteiger partial charge in [0.1, 0.15) is 0 Å². The molecule has 1 aliphatic rings. The normalized spacial score (nSPS) is 23.8. The Morgan fingerprint density at radius 2 is 2.05 bits per heavy atom. The molecule has 1 aromatic carbocycles. The van der Waals surface area contributed by atoms with Crippen LogP contribution >= 0.6 is 11.6 Å². The van der Waals surface area contributed by atoms with E-state index >= 15 is 0 Å². The number of benzene rings is 1. The third-order valence-corrected chi connectivity index (χ3v) is 5.59. The fourth-order valence-electron chi connectivity index (χ4n) is 4.03. The molecule has 120 valence electrons. The maximum Gasteiger partial charge on any atom is 0.0495 e. The van der Waals surface area contributed by atoms with Crippen LogP contribution in [-0.2, 0) is 7.05 Å². The lowest BCUT2D eigenvalue weighted by molar-refractivity contribution is 0.158. The minimum Gasteiger partial charge on any atom is -0.396 e. The summed E-state index contributed by atoms with van der Waals surface area (Å²) in [4.78, 5) is 0. The minimum atomic E-state index is 0.326. The van der Waals surface area contributed by atoms with Crippen molar-refractivity contribution < 1.29 is 5.11 Å². The minimum absolute atomic E-state index is 0.326. The molecule has 22 heavy (non-hydrogen) atoms. The lowest BCUT2D eigenvalue weighted by atomic mass is 9.73. The maximum atomic E-state index is 9.32. The molecule has 3 rings (SSSR count). The Balaban J connectivity index is 1.91. The lowest BCUT2D eigenvalue weighted by Crippen LogP contribution is -2.26. The van der Waals surface area contributed by atoms with E-state index in [0.717, 1.165) is 30.7 Å². The van der Waals surface area contributed by atoms with Crippen LogP contribution in [0.1, 0.15) is 37.2 Å². The van der Waals surface area contributed by atoms with Gasteiger partial charge in [-0.2, -0.15) is 0 Å². The van der Waals surface area contributed by atoms with Crippen LogP contribution in [0.5, 0.6) is 0 Å². The van der Waals surface area contributed by atoms with Crippen molar-refractivity contribution in [2.75, 3.05) is 13.2 Å². The number of hydrogen-bond donors (Lipinski definition) is 2. The highest BCUT2D eigenvalue weighted by Gasteiger charge is 2.29. The quantitative estimate of drug-likeness (QED) is 0.903. The summed E-state index contributed by atoms with van der Waals surface area (Å²) in [5, 5.41) is 11.4. The van der Waals surface area contributed by atoms with Crippen LogP contribution in [0, 0.1) is 11.8 Å². The van der Waals surface area contributed by atoms with E-state index in [9.17, 15) is 5.11 Å². The topological polar surface area (TPSA) is 51.2 Å². The molecule has 4 heteroatoms. The van der Waals surface area contributed by atoms with E-state index in [-0.39, 0.29) is 0 Å². The van der Waals surface area contributed by atoms with Crippen LogP contribution in [-0.4, -0.2) is 22.8 Å². The molecule has 0 spiro atoms. The van der Waals surface area contributed by atoms with Crippen molar-refractivity contribution in [1.29, 1.82) is 0 Å². The average molecular weight is 321 g/mol. The number of rotatable bonds is 4. The van der Waals surface area contributed by atoms with Crippen molar-refractivity contribution >= 4 is 22.5 Å². The van der Waals surface area contributed by atoms with Crippen molar-refractivity contribution in [3.63, 3.8) is 0 Å². The lowest BCUT2D eigenvalue weighted by Gasteiger charge is -2.32. The van der Waals surface area contributed by atoms with Gasteiger partial charge in [-0.15, -0.1) is 0 Å². The summed E-state index contributed by atoms with van der Waals surface area (Å²) in [6, 6.07) is 6.11. The van der Waals surface area contributed by atoms with Gasteiger partial charge in [0.15, 0.2) is 0 Å². The van der Waals surface area contributed by atoms with Gasteiger partial charge in [-0.3, -0.25) is 0 Å². The van der Waals surface area contributed by atoms with Crippen LogP contribution in [0.3, 0.4) is 0 Å².